The van der Waals surface area contributed by atoms with Crippen molar-refractivity contribution in [3.63, 3.8) is 0 Å². The van der Waals surface area contributed by atoms with E-state index in [9.17, 15) is 0 Å². The fourth-order valence-corrected chi connectivity index (χ4v) is 11.4. The predicted molar refractivity (Wildman–Crippen MR) is 343 cm³/mol. The molecule has 0 bridgehead atoms. The van der Waals surface area contributed by atoms with E-state index in [-0.39, 0.29) is 0 Å². The molecule has 0 aliphatic carbocycles. The zero-order chi connectivity index (χ0) is 57.7. The number of hydrogen-bond acceptors (Lipinski definition) is 10. The highest BCUT2D eigenvalue weighted by Crippen LogP contribution is 2.44. The molecule has 0 spiro atoms. The van der Waals surface area contributed by atoms with Gasteiger partial charge in [-0.1, -0.05) is 54.6 Å². The number of rotatable bonds is 30. The van der Waals surface area contributed by atoms with Crippen molar-refractivity contribution in [1.82, 2.24) is 13.7 Å². The standard InChI is InChI=1S/C72H72N4O9/c1-4-77-37-40-80-43-46-83-58-28-19-52(20-29-58)74-67-16-10-7-13-61(67)64-49-55(25-34-70(64)74)73(56-26-35-71-65(50-56)62-14-8-11-17-68(62)75(71)53-21-30-59(31-22-53)84-47-44-81-41-38-78-5-2)57-27-36-72-66(51-57)63-15-9-12-18-69(63)76(72)54-23-32-60(33-24-54)85-48-45-82-42-39-79-6-3/h7-36,49-51H,4-6,37-48H2,1-3H3. The number of para-hydroxylation sites is 3. The van der Waals surface area contributed by atoms with Crippen molar-refractivity contribution in [2.75, 3.05) is 104 Å². The van der Waals surface area contributed by atoms with Crippen LogP contribution in [-0.2, 0) is 28.4 Å². The molecule has 434 valence electrons. The summed E-state index contributed by atoms with van der Waals surface area (Å²) in [6.45, 7) is 14.2. The van der Waals surface area contributed by atoms with E-state index in [4.69, 9.17) is 42.6 Å². The Balaban J connectivity index is 0.925. The van der Waals surface area contributed by atoms with Gasteiger partial charge in [0, 0.05) is 86.3 Å². The van der Waals surface area contributed by atoms with Gasteiger partial charge in [0.1, 0.15) is 37.1 Å². The summed E-state index contributed by atoms with van der Waals surface area (Å²) in [5.74, 6) is 2.37. The van der Waals surface area contributed by atoms with Gasteiger partial charge in [-0.2, -0.15) is 0 Å². The normalized spacial score (nSPS) is 11.8. The first-order valence-corrected chi connectivity index (χ1v) is 29.7. The summed E-state index contributed by atoms with van der Waals surface area (Å²) < 4.78 is 58.6. The highest BCUT2D eigenvalue weighted by Gasteiger charge is 2.22. The minimum Gasteiger partial charge on any atom is -0.491 e. The molecule has 12 rings (SSSR count). The molecular formula is C72H72N4O9. The predicted octanol–water partition coefficient (Wildman–Crippen LogP) is 15.7. The number of ether oxygens (including phenoxy) is 9. The lowest BCUT2D eigenvalue weighted by Crippen LogP contribution is -2.10. The molecule has 0 aliphatic heterocycles. The molecule has 0 N–H and O–H groups in total. The topological polar surface area (TPSA) is 101 Å². The van der Waals surface area contributed by atoms with Crippen molar-refractivity contribution in [2.24, 2.45) is 0 Å². The zero-order valence-corrected chi connectivity index (χ0v) is 48.6. The summed E-state index contributed by atoms with van der Waals surface area (Å²) in [4.78, 5) is 2.41. The van der Waals surface area contributed by atoms with Crippen LogP contribution in [0.5, 0.6) is 17.2 Å². The minimum absolute atomic E-state index is 0.457. The van der Waals surface area contributed by atoms with Gasteiger partial charge in [-0.15, -0.1) is 0 Å². The molecule has 12 aromatic rings. The van der Waals surface area contributed by atoms with Crippen LogP contribution in [0.2, 0.25) is 0 Å². The molecule has 0 saturated heterocycles. The smallest absolute Gasteiger partial charge is 0.119 e. The number of fused-ring (bicyclic) bond motifs is 9. The Hall–Kier alpha value is -8.66. The first-order valence-electron chi connectivity index (χ1n) is 29.7. The summed E-state index contributed by atoms with van der Waals surface area (Å²) in [6.07, 6.45) is 0. The Labute approximate surface area is 495 Å². The molecular weight excluding hydrogens is 1060 g/mol. The number of benzene rings is 9. The summed E-state index contributed by atoms with van der Waals surface area (Å²) in [5.41, 5.74) is 12.9. The van der Waals surface area contributed by atoms with Gasteiger partial charge in [-0.05, 0) is 166 Å². The van der Waals surface area contributed by atoms with Crippen LogP contribution in [0.25, 0.3) is 82.5 Å². The third-order valence-electron chi connectivity index (χ3n) is 15.2. The molecule has 0 fully saturated rings. The van der Waals surface area contributed by atoms with E-state index < -0.39 is 0 Å². The SMILES string of the molecule is CCOCCOCCOc1ccc(-n2c3ccccc3c3cc(N(c4ccc5c(c4)c4ccccc4n5-c4ccc(OCCOCCOCC)cc4)c4ccc5c(c4)c4ccccc4n5-c4ccc(OCCOCCOCC)cc4)ccc32)cc1. The Bertz CT molecular complexity index is 3730. The summed E-state index contributed by atoms with van der Waals surface area (Å²) in [7, 11) is 0. The lowest BCUT2D eigenvalue weighted by molar-refractivity contribution is 0.0405. The van der Waals surface area contributed by atoms with Crippen molar-refractivity contribution >= 4 is 82.5 Å². The van der Waals surface area contributed by atoms with Gasteiger partial charge >= 0.3 is 0 Å². The number of hydrogen-bond donors (Lipinski definition) is 0. The van der Waals surface area contributed by atoms with Crippen molar-refractivity contribution in [1.29, 1.82) is 0 Å². The molecule has 0 unspecified atom stereocenters. The average Bonchev–Trinajstić information content (AvgIpc) is 3.13. The van der Waals surface area contributed by atoms with Crippen LogP contribution < -0.4 is 19.1 Å². The fourth-order valence-electron chi connectivity index (χ4n) is 11.4. The first-order chi connectivity index (χ1) is 42.1. The van der Waals surface area contributed by atoms with Gasteiger partial charge in [0.25, 0.3) is 0 Å². The van der Waals surface area contributed by atoms with Crippen LogP contribution in [0, 0.1) is 0 Å². The maximum absolute atomic E-state index is 6.09. The van der Waals surface area contributed by atoms with Crippen molar-refractivity contribution in [2.45, 2.75) is 20.8 Å². The second kappa shape index (κ2) is 27.4. The Morgan fingerprint density at radius 2 is 0.518 bits per heavy atom. The van der Waals surface area contributed by atoms with Crippen molar-refractivity contribution in [3.8, 4) is 34.3 Å². The Morgan fingerprint density at radius 1 is 0.259 bits per heavy atom. The van der Waals surface area contributed by atoms with E-state index in [1.54, 1.807) is 0 Å². The minimum atomic E-state index is 0.457. The molecule has 3 aromatic heterocycles. The van der Waals surface area contributed by atoms with E-state index in [2.05, 4.69) is 182 Å². The quantitative estimate of drug-likeness (QED) is 0.0405. The van der Waals surface area contributed by atoms with Crippen molar-refractivity contribution in [3.05, 3.63) is 200 Å². The number of anilines is 3. The largest absolute Gasteiger partial charge is 0.491 e. The van der Waals surface area contributed by atoms with Crippen LogP contribution in [0.1, 0.15) is 20.8 Å². The van der Waals surface area contributed by atoms with Gasteiger partial charge in [0.2, 0.25) is 0 Å². The molecule has 13 nitrogen and oxygen atoms in total. The molecule has 85 heavy (non-hydrogen) atoms. The van der Waals surface area contributed by atoms with Crippen molar-refractivity contribution < 1.29 is 42.6 Å². The second-order valence-electron chi connectivity index (χ2n) is 20.5. The molecule has 0 saturated carbocycles. The molecule has 0 aliphatic rings. The molecule has 0 radical (unpaired) electrons. The van der Waals surface area contributed by atoms with E-state index in [1.165, 1.54) is 0 Å². The monoisotopic (exact) mass is 1140 g/mol. The van der Waals surface area contributed by atoms with Gasteiger partial charge in [0.15, 0.2) is 0 Å². The molecule has 0 amide bonds. The van der Waals surface area contributed by atoms with Crippen LogP contribution in [-0.4, -0.2) is 113 Å². The van der Waals surface area contributed by atoms with Gasteiger partial charge in [-0.3, -0.25) is 0 Å². The lowest BCUT2D eigenvalue weighted by Gasteiger charge is -2.26. The van der Waals surface area contributed by atoms with Crippen LogP contribution in [0.4, 0.5) is 17.1 Å². The molecule has 3 heterocycles. The maximum atomic E-state index is 6.09. The van der Waals surface area contributed by atoms with E-state index in [1.807, 2.05) is 57.2 Å². The molecule has 0 atom stereocenters. The summed E-state index contributed by atoms with van der Waals surface area (Å²) in [6, 6.07) is 71.6. The highest BCUT2D eigenvalue weighted by molar-refractivity contribution is 6.14. The second-order valence-corrected chi connectivity index (χ2v) is 20.5. The summed E-state index contributed by atoms with van der Waals surface area (Å²) in [5, 5.41) is 6.89. The number of aromatic nitrogens is 3. The van der Waals surface area contributed by atoms with Gasteiger partial charge in [-0.25, -0.2) is 0 Å². The molecule has 13 heteroatoms. The average molecular weight is 1140 g/mol. The van der Waals surface area contributed by atoms with Gasteiger partial charge in [0.05, 0.1) is 92.6 Å². The van der Waals surface area contributed by atoms with E-state index >= 15 is 0 Å². The van der Waals surface area contributed by atoms with Gasteiger partial charge < -0.3 is 61.2 Å². The molecule has 9 aromatic carbocycles. The Kier molecular flexibility index (Phi) is 18.3. The van der Waals surface area contributed by atoms with Crippen LogP contribution >= 0.6 is 0 Å². The van der Waals surface area contributed by atoms with Crippen LogP contribution in [0.15, 0.2) is 200 Å². The summed E-state index contributed by atoms with van der Waals surface area (Å²) >= 11 is 0. The van der Waals surface area contributed by atoms with E-state index in [0.717, 1.165) is 117 Å². The Morgan fingerprint density at radius 3 is 0.812 bits per heavy atom. The lowest BCUT2D eigenvalue weighted by atomic mass is 10.1. The first kappa shape index (κ1) is 56.8. The maximum Gasteiger partial charge on any atom is 0.119 e. The van der Waals surface area contributed by atoms with Crippen LogP contribution in [0.3, 0.4) is 0 Å². The van der Waals surface area contributed by atoms with E-state index in [0.29, 0.717) is 99.1 Å². The zero-order valence-electron chi connectivity index (χ0n) is 48.6. The number of nitrogens with zero attached hydrogens (tertiary/aromatic N) is 4. The highest BCUT2D eigenvalue weighted by atomic mass is 16.6. The third-order valence-corrected chi connectivity index (χ3v) is 15.2. The fraction of sp³-hybridized carbons (Fsp3) is 0.250. The third kappa shape index (κ3) is 12.5.